The number of cyclic esters (lactones) is 1. The molecular formula is C24H21N5O4. The number of nitrogen functional groups attached to an aromatic ring is 1. The molecule has 5 rings (SSSR count). The molecule has 0 unspecified atom stereocenters. The molecule has 2 aromatic heterocycles. The Hall–Kier alpha value is -4.40. The molecule has 1 aliphatic heterocycles. The van der Waals surface area contributed by atoms with Crippen molar-refractivity contribution in [1.82, 2.24) is 19.4 Å². The number of anilines is 1. The van der Waals surface area contributed by atoms with Crippen LogP contribution in [-0.2, 0) is 11.3 Å². The molecule has 166 valence electrons. The van der Waals surface area contributed by atoms with Crippen molar-refractivity contribution in [2.45, 2.75) is 6.54 Å². The molecule has 1 fully saturated rings. The third-order valence-corrected chi connectivity index (χ3v) is 5.57. The highest BCUT2D eigenvalue weighted by atomic mass is 16.6. The largest absolute Gasteiger partial charge is 0.481 e. The van der Waals surface area contributed by atoms with Crippen LogP contribution in [0.2, 0.25) is 0 Å². The number of amides is 1. The van der Waals surface area contributed by atoms with Gasteiger partial charge in [-0.05, 0) is 35.9 Å². The number of methoxy groups -OCH3 is 1. The molecule has 2 N–H and O–H groups in total. The van der Waals surface area contributed by atoms with E-state index in [1.807, 2.05) is 30.3 Å². The fourth-order valence-electron chi connectivity index (χ4n) is 3.94. The highest BCUT2D eigenvalue weighted by molar-refractivity contribution is 5.85. The van der Waals surface area contributed by atoms with Gasteiger partial charge in [-0.2, -0.15) is 0 Å². The number of pyridine rings is 1. The van der Waals surface area contributed by atoms with Crippen molar-refractivity contribution >= 4 is 22.9 Å². The number of nitrogens with two attached hydrogens (primary N) is 1. The van der Waals surface area contributed by atoms with Crippen LogP contribution in [0.25, 0.3) is 27.7 Å². The van der Waals surface area contributed by atoms with Crippen molar-refractivity contribution in [3.63, 3.8) is 0 Å². The molecule has 3 heterocycles. The fraction of sp³-hybridized carbons (Fsp3) is 0.167. The van der Waals surface area contributed by atoms with Crippen LogP contribution in [0.15, 0.2) is 65.6 Å². The minimum absolute atomic E-state index is 0.123. The minimum Gasteiger partial charge on any atom is -0.481 e. The number of carbonyl (C=O) groups excluding carboxylic acids is 1. The average molecular weight is 443 g/mol. The van der Waals surface area contributed by atoms with Crippen LogP contribution in [0.4, 0.5) is 10.7 Å². The Morgan fingerprint density at radius 1 is 1.09 bits per heavy atom. The number of para-hydroxylation sites is 1. The zero-order valence-corrected chi connectivity index (χ0v) is 17.9. The SMILES string of the molecule is COc1ncc(-c2ccc3nc(N)n(-c4ccccc4)c(=O)c3c2)cc1CN1CCOC1=O. The Balaban J connectivity index is 1.59. The standard InChI is InChI=1S/C24H21N5O4/c1-32-21-17(14-28-9-10-33-24(28)31)11-16(13-26-21)15-7-8-20-19(12-15)22(30)29(23(25)27-20)18-5-3-2-4-6-18/h2-8,11-13H,9-10,14H2,1H3,(H2,25,27). The van der Waals surface area contributed by atoms with Crippen LogP contribution in [-0.4, -0.2) is 45.8 Å². The first-order valence-corrected chi connectivity index (χ1v) is 10.4. The number of rotatable bonds is 5. The molecule has 2 aromatic carbocycles. The number of aromatic nitrogens is 3. The predicted molar refractivity (Wildman–Crippen MR) is 123 cm³/mol. The zero-order valence-electron chi connectivity index (χ0n) is 17.9. The lowest BCUT2D eigenvalue weighted by atomic mass is 10.0. The quantitative estimate of drug-likeness (QED) is 0.504. The number of fused-ring (bicyclic) bond motifs is 1. The van der Waals surface area contributed by atoms with Crippen molar-refractivity contribution in [1.29, 1.82) is 0 Å². The van der Waals surface area contributed by atoms with E-state index in [0.717, 1.165) is 16.7 Å². The molecule has 0 aliphatic carbocycles. The smallest absolute Gasteiger partial charge is 0.410 e. The van der Waals surface area contributed by atoms with Crippen LogP contribution in [0.3, 0.4) is 0 Å². The van der Waals surface area contributed by atoms with Gasteiger partial charge in [0.05, 0.1) is 36.8 Å². The summed E-state index contributed by atoms with van der Waals surface area (Å²) in [4.78, 5) is 35.6. The van der Waals surface area contributed by atoms with E-state index >= 15 is 0 Å². The van der Waals surface area contributed by atoms with E-state index in [4.69, 9.17) is 15.2 Å². The fourth-order valence-corrected chi connectivity index (χ4v) is 3.94. The Kier molecular flexibility index (Phi) is 5.14. The first-order valence-electron chi connectivity index (χ1n) is 10.4. The molecule has 9 nitrogen and oxygen atoms in total. The summed E-state index contributed by atoms with van der Waals surface area (Å²) in [5.74, 6) is 0.553. The zero-order chi connectivity index (χ0) is 22.9. The Morgan fingerprint density at radius 2 is 1.91 bits per heavy atom. The van der Waals surface area contributed by atoms with Gasteiger partial charge < -0.3 is 20.1 Å². The van der Waals surface area contributed by atoms with E-state index in [1.165, 1.54) is 11.7 Å². The molecule has 0 saturated carbocycles. The van der Waals surface area contributed by atoms with E-state index in [-0.39, 0.29) is 17.6 Å². The van der Waals surface area contributed by atoms with E-state index in [1.54, 1.807) is 35.4 Å². The molecule has 0 spiro atoms. The van der Waals surface area contributed by atoms with Gasteiger partial charge in [0.25, 0.3) is 5.56 Å². The van der Waals surface area contributed by atoms with Gasteiger partial charge in [-0.1, -0.05) is 24.3 Å². The summed E-state index contributed by atoms with van der Waals surface area (Å²) in [5.41, 5.74) is 9.30. The first kappa shape index (κ1) is 20.5. The number of carbonyl (C=O) groups is 1. The third-order valence-electron chi connectivity index (χ3n) is 5.57. The maximum Gasteiger partial charge on any atom is 0.410 e. The molecule has 33 heavy (non-hydrogen) atoms. The topological polar surface area (TPSA) is 113 Å². The normalized spacial score (nSPS) is 13.4. The van der Waals surface area contributed by atoms with E-state index in [0.29, 0.717) is 42.2 Å². The van der Waals surface area contributed by atoms with Gasteiger partial charge >= 0.3 is 6.09 Å². The molecule has 0 radical (unpaired) electrons. The van der Waals surface area contributed by atoms with Crippen LogP contribution in [0.5, 0.6) is 5.88 Å². The van der Waals surface area contributed by atoms with Crippen LogP contribution >= 0.6 is 0 Å². The van der Waals surface area contributed by atoms with Crippen LogP contribution in [0.1, 0.15) is 5.56 Å². The summed E-state index contributed by atoms with van der Waals surface area (Å²) in [6.45, 7) is 1.19. The van der Waals surface area contributed by atoms with E-state index < -0.39 is 0 Å². The molecule has 1 saturated heterocycles. The second kappa shape index (κ2) is 8.27. The van der Waals surface area contributed by atoms with Crippen molar-refractivity contribution in [3.8, 4) is 22.7 Å². The van der Waals surface area contributed by atoms with Crippen LogP contribution in [0, 0.1) is 0 Å². The lowest BCUT2D eigenvalue weighted by Gasteiger charge is -2.16. The van der Waals surface area contributed by atoms with Crippen molar-refractivity contribution in [3.05, 3.63) is 76.7 Å². The molecule has 1 amide bonds. The Bertz CT molecular complexity index is 1420. The number of ether oxygens (including phenoxy) is 2. The summed E-state index contributed by atoms with van der Waals surface area (Å²) in [7, 11) is 1.53. The summed E-state index contributed by atoms with van der Waals surface area (Å²) < 4.78 is 11.8. The second-order valence-corrected chi connectivity index (χ2v) is 7.61. The minimum atomic E-state index is -0.363. The maximum absolute atomic E-state index is 13.3. The molecular weight excluding hydrogens is 422 g/mol. The predicted octanol–water partition coefficient (Wildman–Crippen LogP) is 2.99. The van der Waals surface area contributed by atoms with Gasteiger partial charge in [-0.3, -0.25) is 4.79 Å². The van der Waals surface area contributed by atoms with Gasteiger partial charge in [-0.15, -0.1) is 0 Å². The Morgan fingerprint density at radius 3 is 2.64 bits per heavy atom. The molecule has 9 heteroatoms. The van der Waals surface area contributed by atoms with Crippen molar-refractivity contribution in [2.24, 2.45) is 0 Å². The number of nitrogens with zero attached hydrogens (tertiary/aromatic N) is 4. The summed E-state index contributed by atoms with van der Waals surface area (Å²) in [5, 5.41) is 0.436. The molecule has 0 bridgehead atoms. The second-order valence-electron chi connectivity index (χ2n) is 7.61. The first-order chi connectivity index (χ1) is 16.0. The molecule has 4 aromatic rings. The Labute approximate surface area is 189 Å². The van der Waals surface area contributed by atoms with E-state index in [9.17, 15) is 9.59 Å². The van der Waals surface area contributed by atoms with Gasteiger partial charge in [0.2, 0.25) is 11.8 Å². The van der Waals surface area contributed by atoms with Crippen molar-refractivity contribution in [2.75, 3.05) is 26.0 Å². The van der Waals surface area contributed by atoms with Gasteiger partial charge in [0, 0.05) is 17.3 Å². The van der Waals surface area contributed by atoms with Gasteiger partial charge in [0.15, 0.2) is 0 Å². The number of hydrogen-bond acceptors (Lipinski definition) is 7. The van der Waals surface area contributed by atoms with E-state index in [2.05, 4.69) is 9.97 Å². The van der Waals surface area contributed by atoms with Crippen molar-refractivity contribution < 1.29 is 14.3 Å². The average Bonchev–Trinajstić information content (AvgIpc) is 3.24. The highest BCUT2D eigenvalue weighted by Gasteiger charge is 2.24. The lowest BCUT2D eigenvalue weighted by Crippen LogP contribution is -2.24. The third kappa shape index (κ3) is 3.73. The highest BCUT2D eigenvalue weighted by Crippen LogP contribution is 2.28. The summed E-state index contributed by atoms with van der Waals surface area (Å²) in [6, 6.07) is 16.5. The van der Waals surface area contributed by atoms with Crippen LogP contribution < -0.4 is 16.0 Å². The van der Waals surface area contributed by atoms with Gasteiger partial charge in [-0.25, -0.2) is 19.3 Å². The van der Waals surface area contributed by atoms with Gasteiger partial charge in [0.1, 0.15) is 6.61 Å². The molecule has 0 atom stereocenters. The monoisotopic (exact) mass is 443 g/mol. The summed E-state index contributed by atoms with van der Waals surface area (Å²) >= 11 is 0. The number of benzene rings is 2. The maximum atomic E-state index is 13.3. The number of hydrogen-bond donors (Lipinski definition) is 1. The lowest BCUT2D eigenvalue weighted by molar-refractivity contribution is 0.157. The summed E-state index contributed by atoms with van der Waals surface area (Å²) in [6.07, 6.45) is 1.31. The molecule has 1 aliphatic rings.